The Morgan fingerprint density at radius 3 is 2.00 bits per heavy atom. The summed E-state index contributed by atoms with van der Waals surface area (Å²) in [5, 5.41) is -0.0999. The van der Waals surface area contributed by atoms with Gasteiger partial charge in [-0.05, 0) is 30.7 Å². The van der Waals surface area contributed by atoms with Crippen molar-refractivity contribution in [3.05, 3.63) is 29.8 Å². The first-order chi connectivity index (χ1) is 10.9. The highest BCUT2D eigenvalue weighted by molar-refractivity contribution is 7.60. The molecule has 2 N–H and O–H groups in total. The minimum absolute atomic E-state index is 0.0999. The lowest BCUT2D eigenvalue weighted by Crippen LogP contribution is -2.09. The number of esters is 1. The van der Waals surface area contributed by atoms with Crippen LogP contribution in [0.2, 0.25) is 0 Å². The van der Waals surface area contributed by atoms with Gasteiger partial charge in [0.05, 0.1) is 17.5 Å². The van der Waals surface area contributed by atoms with Gasteiger partial charge in [0.15, 0.2) is 0 Å². The van der Waals surface area contributed by atoms with Crippen LogP contribution < -0.4 is 5.30 Å². The number of carbonyl (C=O) groups is 1. The standard InChI is InChI=1S/C17H27O5P/c1-2-3-4-5-6-7-8-9-14-22-17(18)15-10-12-16(13-11-15)23(19,20)21/h10-13H,2-9,14H2,1H3,(H2,19,20,21). The molecule has 130 valence electrons. The lowest BCUT2D eigenvalue weighted by Gasteiger charge is -2.07. The van der Waals surface area contributed by atoms with Gasteiger partial charge in [-0.2, -0.15) is 0 Å². The summed E-state index contributed by atoms with van der Waals surface area (Å²) in [5.41, 5.74) is 0.307. The molecule has 1 aromatic carbocycles. The predicted octanol–water partition coefficient (Wildman–Crippen LogP) is 3.79. The average molecular weight is 342 g/mol. The lowest BCUT2D eigenvalue weighted by atomic mass is 10.1. The molecule has 0 unspecified atom stereocenters. The number of rotatable bonds is 11. The average Bonchev–Trinajstić information content (AvgIpc) is 2.52. The van der Waals surface area contributed by atoms with Crippen molar-refractivity contribution in [1.82, 2.24) is 0 Å². The summed E-state index contributed by atoms with van der Waals surface area (Å²) in [6.07, 6.45) is 9.44. The van der Waals surface area contributed by atoms with E-state index in [0.29, 0.717) is 12.2 Å². The Balaban J connectivity index is 2.18. The van der Waals surface area contributed by atoms with E-state index < -0.39 is 13.6 Å². The molecule has 0 aliphatic heterocycles. The second-order valence-electron chi connectivity index (χ2n) is 5.70. The lowest BCUT2D eigenvalue weighted by molar-refractivity contribution is 0.0497. The van der Waals surface area contributed by atoms with Gasteiger partial charge in [0, 0.05) is 0 Å². The van der Waals surface area contributed by atoms with Crippen LogP contribution >= 0.6 is 7.60 Å². The van der Waals surface area contributed by atoms with Gasteiger partial charge < -0.3 is 14.5 Å². The van der Waals surface area contributed by atoms with Crippen LogP contribution in [0.3, 0.4) is 0 Å². The predicted molar refractivity (Wildman–Crippen MR) is 91.0 cm³/mol. The summed E-state index contributed by atoms with van der Waals surface area (Å²) in [4.78, 5) is 29.8. The van der Waals surface area contributed by atoms with Crippen LogP contribution in [0.1, 0.15) is 68.6 Å². The largest absolute Gasteiger partial charge is 0.462 e. The molecule has 5 nitrogen and oxygen atoms in total. The third-order valence-corrected chi connectivity index (χ3v) is 4.64. The van der Waals surface area contributed by atoms with Gasteiger partial charge in [0.2, 0.25) is 0 Å². The molecule has 0 amide bonds. The molecular formula is C17H27O5P. The zero-order valence-corrected chi connectivity index (χ0v) is 14.6. The third-order valence-electron chi connectivity index (χ3n) is 3.67. The van der Waals surface area contributed by atoms with Crippen molar-refractivity contribution in [1.29, 1.82) is 0 Å². The molecule has 0 heterocycles. The maximum Gasteiger partial charge on any atom is 0.356 e. The molecule has 6 heteroatoms. The number of benzene rings is 1. The molecule has 0 saturated carbocycles. The van der Waals surface area contributed by atoms with Crippen LogP contribution in [0.15, 0.2) is 24.3 Å². The Morgan fingerprint density at radius 1 is 0.957 bits per heavy atom. The first-order valence-corrected chi connectivity index (χ1v) is 9.89. The Kier molecular flexibility index (Phi) is 9.15. The molecule has 0 saturated heterocycles. The van der Waals surface area contributed by atoms with Gasteiger partial charge in [-0.25, -0.2) is 4.79 Å². The molecule has 0 radical (unpaired) electrons. The summed E-state index contributed by atoms with van der Waals surface area (Å²) in [7, 11) is -4.26. The Labute approximate surface area is 138 Å². The van der Waals surface area contributed by atoms with Gasteiger partial charge in [-0.3, -0.25) is 4.57 Å². The second kappa shape index (κ2) is 10.6. The van der Waals surface area contributed by atoms with Crippen molar-refractivity contribution >= 4 is 18.9 Å². The maximum absolute atomic E-state index is 11.8. The summed E-state index contributed by atoms with van der Waals surface area (Å²) in [6, 6.07) is 5.27. The Hall–Kier alpha value is -1.16. The Bertz CT molecular complexity index is 506. The summed E-state index contributed by atoms with van der Waals surface area (Å²) in [6.45, 7) is 2.59. The third kappa shape index (κ3) is 8.31. The molecule has 0 aliphatic rings. The quantitative estimate of drug-likeness (QED) is 0.363. The van der Waals surface area contributed by atoms with Gasteiger partial charge >= 0.3 is 13.6 Å². The van der Waals surface area contributed by atoms with Gasteiger partial charge in [0.1, 0.15) is 0 Å². The van der Waals surface area contributed by atoms with Gasteiger partial charge in [-0.15, -0.1) is 0 Å². The van der Waals surface area contributed by atoms with Crippen molar-refractivity contribution in [2.45, 2.75) is 58.3 Å². The van der Waals surface area contributed by atoms with Crippen molar-refractivity contribution in [2.24, 2.45) is 0 Å². The number of unbranched alkanes of at least 4 members (excludes halogenated alkanes) is 7. The van der Waals surface area contributed by atoms with Crippen LogP contribution in [0, 0.1) is 0 Å². The van der Waals surface area contributed by atoms with E-state index in [9.17, 15) is 9.36 Å². The summed E-state index contributed by atoms with van der Waals surface area (Å²) >= 11 is 0. The van der Waals surface area contributed by atoms with Crippen LogP contribution in [0.4, 0.5) is 0 Å². The second-order valence-corrected chi connectivity index (χ2v) is 7.31. The van der Waals surface area contributed by atoms with E-state index in [1.54, 1.807) is 0 Å². The van der Waals surface area contributed by atoms with Gasteiger partial charge in [0.25, 0.3) is 0 Å². The van der Waals surface area contributed by atoms with E-state index >= 15 is 0 Å². The van der Waals surface area contributed by atoms with Gasteiger partial charge in [-0.1, -0.05) is 51.9 Å². The molecule has 0 spiro atoms. The fraction of sp³-hybridized carbons (Fsp3) is 0.588. The van der Waals surface area contributed by atoms with E-state index in [1.807, 2.05) is 0 Å². The number of carbonyl (C=O) groups excluding carboxylic acids is 1. The van der Waals surface area contributed by atoms with E-state index in [4.69, 9.17) is 14.5 Å². The summed E-state index contributed by atoms with van der Waals surface area (Å²) < 4.78 is 16.2. The Morgan fingerprint density at radius 2 is 1.48 bits per heavy atom. The molecule has 0 aromatic heterocycles. The summed E-state index contributed by atoms with van der Waals surface area (Å²) in [5.74, 6) is -0.454. The fourth-order valence-corrected chi connectivity index (χ4v) is 2.81. The molecule has 1 aromatic rings. The highest BCUT2D eigenvalue weighted by Gasteiger charge is 2.17. The highest BCUT2D eigenvalue weighted by atomic mass is 31.2. The van der Waals surface area contributed by atoms with E-state index in [0.717, 1.165) is 19.3 Å². The normalized spacial score (nSPS) is 11.4. The first-order valence-electron chi connectivity index (χ1n) is 8.28. The van der Waals surface area contributed by atoms with Crippen LogP contribution in [0.5, 0.6) is 0 Å². The first kappa shape index (κ1) is 19.9. The SMILES string of the molecule is CCCCCCCCCCOC(=O)c1ccc(P(=O)(O)O)cc1. The van der Waals surface area contributed by atoms with E-state index in [-0.39, 0.29) is 5.30 Å². The zero-order chi connectivity index (χ0) is 17.1. The van der Waals surface area contributed by atoms with Crippen LogP contribution in [-0.4, -0.2) is 22.4 Å². The van der Waals surface area contributed by atoms with Crippen LogP contribution in [0.25, 0.3) is 0 Å². The maximum atomic E-state index is 11.8. The molecule has 0 bridgehead atoms. The topological polar surface area (TPSA) is 83.8 Å². The number of ether oxygens (including phenoxy) is 1. The molecule has 0 atom stereocenters. The highest BCUT2D eigenvalue weighted by Crippen LogP contribution is 2.32. The fourth-order valence-electron chi connectivity index (χ4n) is 2.28. The smallest absolute Gasteiger partial charge is 0.356 e. The van der Waals surface area contributed by atoms with Crippen molar-refractivity contribution in [3.8, 4) is 0 Å². The van der Waals surface area contributed by atoms with Crippen molar-refractivity contribution in [3.63, 3.8) is 0 Å². The molecule has 1 rings (SSSR count). The molecule has 23 heavy (non-hydrogen) atoms. The van der Waals surface area contributed by atoms with Crippen LogP contribution in [-0.2, 0) is 9.30 Å². The number of hydrogen-bond acceptors (Lipinski definition) is 3. The number of hydrogen-bond donors (Lipinski definition) is 2. The van der Waals surface area contributed by atoms with E-state index in [2.05, 4.69) is 6.92 Å². The van der Waals surface area contributed by atoms with E-state index in [1.165, 1.54) is 56.4 Å². The zero-order valence-electron chi connectivity index (χ0n) is 13.7. The minimum Gasteiger partial charge on any atom is -0.462 e. The van der Waals surface area contributed by atoms with Crippen molar-refractivity contribution in [2.75, 3.05) is 6.61 Å². The molecule has 0 fully saturated rings. The minimum atomic E-state index is -4.26. The molecular weight excluding hydrogens is 315 g/mol. The molecule has 0 aliphatic carbocycles. The monoisotopic (exact) mass is 342 g/mol. The van der Waals surface area contributed by atoms with Crippen molar-refractivity contribution < 1.29 is 23.9 Å².